The molecule has 0 aliphatic carbocycles. The number of benzene rings is 1. The van der Waals surface area contributed by atoms with Gasteiger partial charge in [0.1, 0.15) is 11.8 Å². The molecule has 0 bridgehead atoms. The molecule has 16 heavy (non-hydrogen) atoms. The minimum atomic E-state index is -1.48. The van der Waals surface area contributed by atoms with Crippen LogP contribution in [0, 0.1) is 5.82 Å². The van der Waals surface area contributed by atoms with Crippen molar-refractivity contribution in [2.24, 2.45) is 0 Å². The van der Waals surface area contributed by atoms with Crippen molar-refractivity contribution in [3.63, 3.8) is 0 Å². The number of oxazole rings is 1. The van der Waals surface area contributed by atoms with Gasteiger partial charge in [-0.1, -0.05) is 0 Å². The van der Waals surface area contributed by atoms with Crippen molar-refractivity contribution in [3.8, 4) is 11.3 Å². The maximum Gasteiger partial charge on any atom is 1.00 e. The van der Waals surface area contributed by atoms with Gasteiger partial charge in [0.05, 0.1) is 6.20 Å². The van der Waals surface area contributed by atoms with Crippen LogP contribution in [-0.2, 0) is 0 Å². The second-order valence-corrected chi connectivity index (χ2v) is 2.82. The summed E-state index contributed by atoms with van der Waals surface area (Å²) in [6.45, 7) is 0. The van der Waals surface area contributed by atoms with Crippen LogP contribution in [0.2, 0.25) is 0 Å². The fourth-order valence-electron chi connectivity index (χ4n) is 1.12. The van der Waals surface area contributed by atoms with E-state index in [4.69, 9.17) is 4.42 Å². The van der Waals surface area contributed by atoms with Crippen molar-refractivity contribution in [2.75, 3.05) is 0 Å². The van der Waals surface area contributed by atoms with Crippen LogP contribution in [0.1, 0.15) is 10.7 Å². The van der Waals surface area contributed by atoms with Crippen LogP contribution in [0.15, 0.2) is 34.9 Å². The van der Waals surface area contributed by atoms with Gasteiger partial charge in [-0.15, -0.1) is 0 Å². The summed E-state index contributed by atoms with van der Waals surface area (Å²) in [5.41, 5.74) is 0.552. The van der Waals surface area contributed by atoms with Gasteiger partial charge in [0.25, 0.3) is 0 Å². The van der Waals surface area contributed by atoms with Gasteiger partial charge < -0.3 is 14.3 Å². The monoisotopic (exact) mass is 213 g/mol. The van der Waals surface area contributed by atoms with Crippen LogP contribution in [0.25, 0.3) is 11.3 Å². The zero-order chi connectivity index (χ0) is 10.8. The second-order valence-electron chi connectivity index (χ2n) is 2.82. The van der Waals surface area contributed by atoms with Crippen molar-refractivity contribution >= 4 is 5.97 Å². The molecular weight excluding hydrogens is 208 g/mol. The number of rotatable bonds is 2. The Labute approximate surface area is 102 Å². The van der Waals surface area contributed by atoms with Crippen LogP contribution >= 0.6 is 0 Å². The molecule has 0 aliphatic heterocycles. The van der Waals surface area contributed by atoms with Gasteiger partial charge in [-0.25, -0.2) is 9.37 Å². The van der Waals surface area contributed by atoms with E-state index in [-0.39, 0.29) is 30.4 Å². The fourth-order valence-corrected chi connectivity index (χ4v) is 1.12. The maximum atomic E-state index is 12.6. The second kappa shape index (κ2) is 4.97. The number of carbonyl (C=O) groups is 1. The first-order valence-electron chi connectivity index (χ1n) is 4.10. The first-order valence-corrected chi connectivity index (χ1v) is 4.10. The van der Waals surface area contributed by atoms with E-state index in [1.807, 2.05) is 0 Å². The summed E-state index contributed by atoms with van der Waals surface area (Å²) in [6.07, 6.45) is 1.25. The molecule has 2 aromatic rings. The third-order valence-electron chi connectivity index (χ3n) is 1.81. The Morgan fingerprint density at radius 1 is 1.31 bits per heavy atom. The Hall–Kier alpha value is -1.57. The number of aromatic carboxylic acids is 1. The molecule has 0 aliphatic rings. The molecule has 0 N–H and O–H groups in total. The van der Waals surface area contributed by atoms with Crippen LogP contribution < -0.4 is 24.0 Å². The minimum Gasteiger partial charge on any atom is -0.540 e. The van der Waals surface area contributed by atoms with Gasteiger partial charge >= 0.3 is 18.9 Å². The summed E-state index contributed by atoms with van der Waals surface area (Å²) in [6, 6.07) is 5.43. The number of hydrogen-bond acceptors (Lipinski definition) is 4. The van der Waals surface area contributed by atoms with Crippen LogP contribution in [0.4, 0.5) is 4.39 Å². The Morgan fingerprint density at radius 3 is 2.44 bits per heavy atom. The van der Waals surface area contributed by atoms with E-state index in [2.05, 4.69) is 4.98 Å². The first kappa shape index (κ1) is 12.5. The zero-order valence-corrected chi connectivity index (χ0v) is 8.44. The average Bonchev–Trinajstić information content (AvgIpc) is 2.68. The summed E-state index contributed by atoms with van der Waals surface area (Å²) in [4.78, 5) is 13.9. The molecule has 0 amide bonds. The number of carboxylic acid groups (broad SMARTS) is 1. The molecule has 2 rings (SSSR count). The number of hydrogen-bond donors (Lipinski definition) is 0. The molecule has 0 saturated heterocycles. The molecular formula is C10H5FLiNO3. The summed E-state index contributed by atoms with van der Waals surface area (Å²) < 4.78 is 17.5. The normalized spacial score (nSPS) is 9.56. The molecule has 0 radical (unpaired) electrons. The molecule has 0 unspecified atom stereocenters. The Balaban J connectivity index is 0.00000128. The summed E-state index contributed by atoms with van der Waals surface area (Å²) in [5, 5.41) is 10.4. The Bertz CT molecular complexity index is 495. The molecule has 1 aromatic heterocycles. The number of nitrogens with zero attached hydrogens (tertiary/aromatic N) is 1. The maximum absolute atomic E-state index is 12.6. The molecule has 0 saturated carbocycles. The smallest absolute Gasteiger partial charge is 0.540 e. The van der Waals surface area contributed by atoms with E-state index < -0.39 is 11.9 Å². The van der Waals surface area contributed by atoms with E-state index >= 15 is 0 Å². The predicted octanol–water partition coefficient (Wildman–Crippen LogP) is -2.15. The van der Waals surface area contributed by atoms with Crippen LogP contribution in [-0.4, -0.2) is 11.0 Å². The molecule has 4 nitrogen and oxygen atoms in total. The molecule has 0 atom stereocenters. The van der Waals surface area contributed by atoms with E-state index in [0.29, 0.717) is 5.56 Å². The van der Waals surface area contributed by atoms with Crippen molar-refractivity contribution in [1.29, 1.82) is 0 Å². The van der Waals surface area contributed by atoms with Gasteiger partial charge in [0, 0.05) is 5.56 Å². The largest absolute Gasteiger partial charge is 1.00 e. The van der Waals surface area contributed by atoms with Gasteiger partial charge in [-0.2, -0.15) is 0 Å². The van der Waals surface area contributed by atoms with Crippen LogP contribution in [0.3, 0.4) is 0 Å². The Kier molecular flexibility index (Phi) is 3.88. The third kappa shape index (κ3) is 2.51. The van der Waals surface area contributed by atoms with Gasteiger partial charge in [-0.05, 0) is 24.3 Å². The molecule has 0 fully saturated rings. The first-order chi connectivity index (χ1) is 7.16. The Morgan fingerprint density at radius 2 is 1.94 bits per heavy atom. The molecule has 76 valence electrons. The molecule has 6 heteroatoms. The van der Waals surface area contributed by atoms with E-state index in [1.54, 1.807) is 0 Å². The van der Waals surface area contributed by atoms with E-state index in [1.165, 1.54) is 30.5 Å². The van der Waals surface area contributed by atoms with Crippen molar-refractivity contribution in [2.45, 2.75) is 0 Å². The van der Waals surface area contributed by atoms with Gasteiger partial charge in [0.2, 0.25) is 5.89 Å². The topological polar surface area (TPSA) is 66.2 Å². The molecule has 1 heterocycles. The summed E-state index contributed by atoms with van der Waals surface area (Å²) in [5.74, 6) is -2.09. The zero-order valence-electron chi connectivity index (χ0n) is 8.44. The van der Waals surface area contributed by atoms with Gasteiger partial charge in [0.15, 0.2) is 5.76 Å². The number of carbonyl (C=O) groups excluding carboxylic acids is 1. The average molecular weight is 213 g/mol. The number of aromatic nitrogens is 1. The minimum absolute atomic E-state index is 0. The molecule has 0 spiro atoms. The van der Waals surface area contributed by atoms with Crippen molar-refractivity contribution in [3.05, 3.63) is 42.2 Å². The quantitative estimate of drug-likeness (QED) is 0.533. The standard InChI is InChI=1S/C10H6FNO3.Li/c11-7-3-1-6(2-4-7)8-5-12-9(15-8)10(13)14;/h1-5H,(H,13,14);/q;+1/p-1. The van der Waals surface area contributed by atoms with Crippen LogP contribution in [0.5, 0.6) is 0 Å². The van der Waals surface area contributed by atoms with E-state index in [0.717, 1.165) is 0 Å². The summed E-state index contributed by atoms with van der Waals surface area (Å²) >= 11 is 0. The SMILES string of the molecule is O=C([O-])c1ncc(-c2ccc(F)cc2)o1.[Li+]. The van der Waals surface area contributed by atoms with E-state index in [9.17, 15) is 14.3 Å². The molecule has 1 aromatic carbocycles. The summed E-state index contributed by atoms with van der Waals surface area (Å²) in [7, 11) is 0. The van der Waals surface area contributed by atoms with Crippen molar-refractivity contribution in [1.82, 2.24) is 4.98 Å². The number of carboxylic acids is 1. The van der Waals surface area contributed by atoms with Gasteiger partial charge in [-0.3, -0.25) is 0 Å². The van der Waals surface area contributed by atoms with Crippen molar-refractivity contribution < 1.29 is 37.6 Å². The number of halogens is 1. The third-order valence-corrected chi connectivity index (χ3v) is 1.81. The predicted molar refractivity (Wildman–Crippen MR) is 46.2 cm³/mol. The fraction of sp³-hybridized carbons (Fsp3) is 0.